The van der Waals surface area contributed by atoms with E-state index in [1.54, 1.807) is 18.2 Å². The summed E-state index contributed by atoms with van der Waals surface area (Å²) in [5, 5.41) is 6.20. The molecule has 0 aliphatic carbocycles. The Morgan fingerprint density at radius 3 is 2.71 bits per heavy atom. The maximum absolute atomic E-state index is 12.0. The maximum atomic E-state index is 12.0. The highest BCUT2D eigenvalue weighted by atomic mass is 16.2. The van der Waals surface area contributed by atoms with Crippen LogP contribution >= 0.6 is 0 Å². The number of amides is 2. The zero-order valence-corrected chi connectivity index (χ0v) is 12.4. The van der Waals surface area contributed by atoms with E-state index >= 15 is 0 Å². The molecule has 1 aliphatic heterocycles. The van der Waals surface area contributed by atoms with Crippen molar-refractivity contribution in [1.29, 1.82) is 0 Å². The van der Waals surface area contributed by atoms with E-state index in [0.29, 0.717) is 23.6 Å². The average molecular weight is 289 g/mol. The van der Waals surface area contributed by atoms with E-state index in [9.17, 15) is 9.59 Å². The first-order valence-electron chi connectivity index (χ1n) is 7.47. The highest BCUT2D eigenvalue weighted by molar-refractivity contribution is 5.96. The number of benzene rings is 1. The first-order chi connectivity index (χ1) is 10.1. The van der Waals surface area contributed by atoms with Gasteiger partial charge in [0, 0.05) is 17.7 Å². The Kier molecular flexibility index (Phi) is 5.33. The second kappa shape index (κ2) is 7.22. The van der Waals surface area contributed by atoms with Crippen LogP contribution < -0.4 is 16.4 Å². The van der Waals surface area contributed by atoms with Crippen molar-refractivity contribution >= 4 is 17.5 Å². The minimum Gasteiger partial charge on any atom is -0.366 e. The third-order valence-electron chi connectivity index (χ3n) is 4.03. The molecule has 0 bridgehead atoms. The summed E-state index contributed by atoms with van der Waals surface area (Å²) in [5.74, 6) is 0.147. The summed E-state index contributed by atoms with van der Waals surface area (Å²) < 4.78 is 0. The number of nitrogens with one attached hydrogen (secondary N) is 2. The summed E-state index contributed by atoms with van der Waals surface area (Å²) in [4.78, 5) is 23.2. The molecule has 1 saturated heterocycles. The fraction of sp³-hybridized carbons (Fsp3) is 0.500. The number of carbonyl (C=O) groups excluding carboxylic acids is 2. The average Bonchev–Trinajstić information content (AvgIpc) is 2.48. The molecule has 1 aliphatic rings. The molecule has 0 atom stereocenters. The molecule has 0 spiro atoms. The Balaban J connectivity index is 1.89. The molecule has 0 unspecified atom stereocenters. The van der Waals surface area contributed by atoms with Crippen molar-refractivity contribution in [2.45, 2.75) is 32.6 Å². The topological polar surface area (TPSA) is 84.2 Å². The van der Waals surface area contributed by atoms with Gasteiger partial charge < -0.3 is 16.4 Å². The number of anilines is 1. The molecule has 5 heteroatoms. The van der Waals surface area contributed by atoms with Crippen LogP contribution in [0.3, 0.4) is 0 Å². The van der Waals surface area contributed by atoms with Gasteiger partial charge in [-0.2, -0.15) is 0 Å². The first-order valence-corrected chi connectivity index (χ1v) is 7.47. The molecular formula is C16H23N3O2. The van der Waals surface area contributed by atoms with Crippen LogP contribution in [0.25, 0.3) is 0 Å². The van der Waals surface area contributed by atoms with Crippen molar-refractivity contribution in [2.75, 3.05) is 18.4 Å². The third kappa shape index (κ3) is 4.56. The zero-order chi connectivity index (χ0) is 15.2. The Bertz CT molecular complexity index is 522. The number of aryl methyl sites for hydroxylation is 1. The fourth-order valence-electron chi connectivity index (χ4n) is 2.63. The summed E-state index contributed by atoms with van der Waals surface area (Å²) in [6, 6.07) is 5.10. The SMILES string of the molecule is Cc1ccc(C(N)=O)cc1NC(=O)CCC1CCNCC1. The van der Waals surface area contributed by atoms with E-state index in [2.05, 4.69) is 10.6 Å². The zero-order valence-electron chi connectivity index (χ0n) is 12.4. The van der Waals surface area contributed by atoms with E-state index < -0.39 is 5.91 Å². The van der Waals surface area contributed by atoms with Crippen LogP contribution in [0.1, 0.15) is 41.6 Å². The number of carbonyl (C=O) groups is 2. The maximum Gasteiger partial charge on any atom is 0.248 e. The Hall–Kier alpha value is -1.88. The molecule has 1 aromatic carbocycles. The van der Waals surface area contributed by atoms with Gasteiger partial charge in [0.25, 0.3) is 0 Å². The van der Waals surface area contributed by atoms with Gasteiger partial charge >= 0.3 is 0 Å². The molecule has 0 saturated carbocycles. The summed E-state index contributed by atoms with van der Waals surface area (Å²) in [5.41, 5.74) is 7.27. The molecule has 5 nitrogen and oxygen atoms in total. The summed E-state index contributed by atoms with van der Waals surface area (Å²) >= 11 is 0. The quantitative estimate of drug-likeness (QED) is 0.773. The standard InChI is InChI=1S/C16H23N3O2/c1-11-2-4-13(16(17)21)10-14(11)19-15(20)5-3-12-6-8-18-9-7-12/h2,4,10,12,18H,3,5-9H2,1H3,(H2,17,21)(H,19,20). The van der Waals surface area contributed by atoms with Crippen molar-refractivity contribution in [1.82, 2.24) is 5.32 Å². The lowest BCUT2D eigenvalue weighted by atomic mass is 9.93. The van der Waals surface area contributed by atoms with Gasteiger partial charge in [0.15, 0.2) is 0 Å². The summed E-state index contributed by atoms with van der Waals surface area (Å²) in [7, 11) is 0. The smallest absolute Gasteiger partial charge is 0.248 e. The van der Waals surface area contributed by atoms with Crippen LogP contribution in [0.4, 0.5) is 5.69 Å². The molecule has 21 heavy (non-hydrogen) atoms. The van der Waals surface area contributed by atoms with Crippen LogP contribution in [-0.4, -0.2) is 24.9 Å². The van der Waals surface area contributed by atoms with Crippen molar-refractivity contribution in [3.8, 4) is 0 Å². The minimum absolute atomic E-state index is 0.00162. The predicted molar refractivity (Wildman–Crippen MR) is 83.2 cm³/mol. The van der Waals surface area contributed by atoms with E-state index in [4.69, 9.17) is 5.73 Å². The second-order valence-electron chi connectivity index (χ2n) is 5.67. The predicted octanol–water partition coefficient (Wildman–Crippen LogP) is 1.81. The van der Waals surface area contributed by atoms with E-state index in [-0.39, 0.29) is 5.91 Å². The lowest BCUT2D eigenvalue weighted by Crippen LogP contribution is -2.28. The van der Waals surface area contributed by atoms with Crippen molar-refractivity contribution < 1.29 is 9.59 Å². The molecule has 2 rings (SSSR count). The van der Waals surface area contributed by atoms with Crippen molar-refractivity contribution in [3.05, 3.63) is 29.3 Å². The largest absolute Gasteiger partial charge is 0.366 e. The van der Waals surface area contributed by atoms with Crippen molar-refractivity contribution in [2.24, 2.45) is 11.7 Å². The van der Waals surface area contributed by atoms with E-state index in [1.807, 2.05) is 6.92 Å². The molecule has 2 amide bonds. The Morgan fingerprint density at radius 1 is 1.33 bits per heavy atom. The van der Waals surface area contributed by atoms with Gasteiger partial charge in [-0.15, -0.1) is 0 Å². The van der Waals surface area contributed by atoms with Crippen LogP contribution in [0.5, 0.6) is 0 Å². The van der Waals surface area contributed by atoms with Gasteiger partial charge in [0.1, 0.15) is 0 Å². The van der Waals surface area contributed by atoms with Crippen LogP contribution in [0.15, 0.2) is 18.2 Å². The highest BCUT2D eigenvalue weighted by Gasteiger charge is 2.15. The van der Waals surface area contributed by atoms with Crippen LogP contribution in [-0.2, 0) is 4.79 Å². The van der Waals surface area contributed by atoms with Crippen molar-refractivity contribution in [3.63, 3.8) is 0 Å². The Morgan fingerprint density at radius 2 is 2.05 bits per heavy atom. The first kappa shape index (κ1) is 15.5. The van der Waals surface area contributed by atoms with Crippen LogP contribution in [0, 0.1) is 12.8 Å². The van der Waals surface area contributed by atoms with Gasteiger partial charge in [-0.1, -0.05) is 6.07 Å². The van der Waals surface area contributed by atoms with Gasteiger partial charge in [-0.25, -0.2) is 0 Å². The van der Waals surface area contributed by atoms with E-state index in [0.717, 1.165) is 37.9 Å². The number of nitrogens with two attached hydrogens (primary N) is 1. The number of hydrogen-bond donors (Lipinski definition) is 3. The lowest BCUT2D eigenvalue weighted by molar-refractivity contribution is -0.116. The van der Waals surface area contributed by atoms with E-state index in [1.165, 1.54) is 0 Å². The van der Waals surface area contributed by atoms with Gasteiger partial charge in [-0.3, -0.25) is 9.59 Å². The molecule has 1 aromatic rings. The summed E-state index contributed by atoms with van der Waals surface area (Å²) in [6.07, 6.45) is 3.72. The monoisotopic (exact) mass is 289 g/mol. The van der Waals surface area contributed by atoms with Gasteiger partial charge in [0.05, 0.1) is 0 Å². The molecule has 0 radical (unpaired) electrons. The number of primary amides is 1. The van der Waals surface area contributed by atoms with Gasteiger partial charge in [0.2, 0.25) is 11.8 Å². The number of piperidine rings is 1. The van der Waals surface area contributed by atoms with Gasteiger partial charge in [-0.05, 0) is 62.9 Å². The molecule has 114 valence electrons. The number of hydrogen-bond acceptors (Lipinski definition) is 3. The molecule has 1 fully saturated rings. The van der Waals surface area contributed by atoms with Crippen LogP contribution in [0.2, 0.25) is 0 Å². The molecule has 1 heterocycles. The fourth-order valence-corrected chi connectivity index (χ4v) is 2.63. The highest BCUT2D eigenvalue weighted by Crippen LogP contribution is 2.20. The second-order valence-corrected chi connectivity index (χ2v) is 5.67. The molecular weight excluding hydrogens is 266 g/mol. The Labute approximate surface area is 125 Å². The molecule has 4 N–H and O–H groups in total. The minimum atomic E-state index is -0.486. The number of rotatable bonds is 5. The molecule has 0 aromatic heterocycles. The summed E-state index contributed by atoms with van der Waals surface area (Å²) in [6.45, 7) is 3.99. The third-order valence-corrected chi connectivity index (χ3v) is 4.03. The lowest BCUT2D eigenvalue weighted by Gasteiger charge is -2.22. The normalized spacial score (nSPS) is 15.7.